The maximum atomic E-state index is 11.0. The van der Waals surface area contributed by atoms with E-state index in [9.17, 15) is 9.90 Å². The van der Waals surface area contributed by atoms with E-state index in [0.29, 0.717) is 5.75 Å². The van der Waals surface area contributed by atoms with Crippen LogP contribution in [0.1, 0.15) is 12.5 Å². The Balaban J connectivity index is 1.86. The van der Waals surface area contributed by atoms with Gasteiger partial charge in [0.05, 0.1) is 12.3 Å². The minimum absolute atomic E-state index is 0.100. The number of aliphatic hydroxyl groups is 1. The molecule has 1 unspecified atom stereocenters. The second-order valence-electron chi connectivity index (χ2n) is 4.68. The van der Waals surface area contributed by atoms with Crippen molar-refractivity contribution in [2.24, 2.45) is 4.99 Å². The first-order valence-electron chi connectivity index (χ1n) is 6.15. The lowest BCUT2D eigenvalue weighted by Gasteiger charge is -2.32. The monoisotopic (exact) mass is 277 g/mol. The zero-order valence-corrected chi connectivity index (χ0v) is 11.4. The van der Waals surface area contributed by atoms with Crippen molar-refractivity contribution < 1.29 is 9.90 Å². The van der Waals surface area contributed by atoms with Crippen molar-refractivity contribution >= 4 is 28.5 Å². The minimum Gasteiger partial charge on any atom is -0.366 e. The summed E-state index contributed by atoms with van der Waals surface area (Å²) in [5.74, 6) is 0.488. The molecule has 0 saturated carbocycles. The first-order chi connectivity index (χ1) is 9.09. The minimum atomic E-state index is -0.977. The van der Waals surface area contributed by atoms with E-state index in [1.165, 1.54) is 6.92 Å². The Hall–Kier alpha value is -1.53. The van der Waals surface area contributed by atoms with Crippen LogP contribution in [0.5, 0.6) is 0 Å². The lowest BCUT2D eigenvalue weighted by Crippen LogP contribution is -2.43. The quantitative estimate of drug-likeness (QED) is 0.853. The summed E-state index contributed by atoms with van der Waals surface area (Å²) in [7, 11) is 0. The fraction of sp³-hybridized carbons (Fsp3) is 0.385. The molecule has 2 aliphatic heterocycles. The van der Waals surface area contributed by atoms with Crippen LogP contribution in [0, 0.1) is 0 Å². The van der Waals surface area contributed by atoms with Crippen LogP contribution in [-0.4, -0.2) is 39.9 Å². The van der Waals surface area contributed by atoms with Gasteiger partial charge in [-0.25, -0.2) is 0 Å². The number of nitrogens with one attached hydrogen (secondary N) is 1. The Kier molecular flexibility index (Phi) is 2.99. The normalized spacial score (nSPS) is 25.2. The predicted molar refractivity (Wildman–Crippen MR) is 76.1 cm³/mol. The summed E-state index contributed by atoms with van der Waals surface area (Å²) in [6.45, 7) is 2.98. The molecule has 19 heavy (non-hydrogen) atoms. The van der Waals surface area contributed by atoms with Gasteiger partial charge in [-0.1, -0.05) is 23.9 Å². The maximum absolute atomic E-state index is 11.0. The third-order valence-corrected chi connectivity index (χ3v) is 4.47. The van der Waals surface area contributed by atoms with Gasteiger partial charge in [0, 0.05) is 24.7 Å². The number of nitrogens with zero attached hydrogens (tertiary/aromatic N) is 2. The van der Waals surface area contributed by atoms with Crippen molar-refractivity contribution in [1.29, 1.82) is 0 Å². The second-order valence-corrected chi connectivity index (χ2v) is 5.62. The molecule has 1 aromatic rings. The van der Waals surface area contributed by atoms with Gasteiger partial charge >= 0.3 is 0 Å². The predicted octanol–water partition coefficient (Wildman–Crippen LogP) is 1.21. The molecule has 0 spiro atoms. The number of fused-ring (bicyclic) bond motifs is 1. The Morgan fingerprint density at radius 2 is 2.21 bits per heavy atom. The highest BCUT2D eigenvalue weighted by molar-refractivity contribution is 8.14. The molecule has 0 radical (unpaired) electrons. The van der Waals surface area contributed by atoms with Crippen LogP contribution in [0.15, 0.2) is 29.3 Å². The van der Waals surface area contributed by atoms with Crippen molar-refractivity contribution in [3.8, 4) is 0 Å². The third kappa shape index (κ3) is 2.11. The number of hydrogen-bond donors (Lipinski definition) is 2. The van der Waals surface area contributed by atoms with E-state index in [0.717, 1.165) is 29.5 Å². The van der Waals surface area contributed by atoms with Crippen LogP contribution in [-0.2, 0) is 10.5 Å². The molecule has 2 N–H and O–H groups in total. The molecule has 6 heteroatoms. The second kappa shape index (κ2) is 4.54. The number of rotatable bonds is 2. The van der Waals surface area contributed by atoms with Crippen molar-refractivity contribution in [3.63, 3.8) is 0 Å². The van der Waals surface area contributed by atoms with Gasteiger partial charge in [0.15, 0.2) is 10.9 Å². The number of hydrogen-bond acceptors (Lipinski definition) is 5. The molecule has 1 fully saturated rings. The first-order valence-corrected chi connectivity index (χ1v) is 7.13. The molecule has 2 heterocycles. The number of aliphatic imine (C=N–C) groups is 1. The SMILES string of the molecule is CC(=O)Nc1ccc(C2(O)CSC3=NCCN32)cc1. The lowest BCUT2D eigenvalue weighted by molar-refractivity contribution is -0.114. The highest BCUT2D eigenvalue weighted by atomic mass is 32.2. The summed E-state index contributed by atoms with van der Waals surface area (Å²) >= 11 is 1.59. The average molecular weight is 277 g/mol. The molecule has 0 aliphatic carbocycles. The Morgan fingerprint density at radius 3 is 2.89 bits per heavy atom. The number of benzene rings is 1. The Labute approximate surface area is 115 Å². The third-order valence-electron chi connectivity index (χ3n) is 3.32. The number of anilines is 1. The van der Waals surface area contributed by atoms with Crippen molar-refractivity contribution in [3.05, 3.63) is 29.8 Å². The molecule has 1 atom stereocenters. The summed E-state index contributed by atoms with van der Waals surface area (Å²) in [6.07, 6.45) is 0. The van der Waals surface area contributed by atoms with E-state index >= 15 is 0 Å². The number of carbonyl (C=O) groups excluding carboxylic acids is 1. The maximum Gasteiger partial charge on any atom is 0.221 e. The van der Waals surface area contributed by atoms with Crippen molar-refractivity contribution in [2.75, 3.05) is 24.2 Å². The molecule has 0 aromatic heterocycles. The molecular formula is C13H15N3O2S. The highest BCUT2D eigenvalue weighted by Crippen LogP contribution is 2.40. The van der Waals surface area contributed by atoms with Crippen LogP contribution in [0.3, 0.4) is 0 Å². The molecule has 1 aromatic carbocycles. The Bertz CT molecular complexity index is 543. The van der Waals surface area contributed by atoms with Gasteiger partial charge in [0.1, 0.15) is 0 Å². The lowest BCUT2D eigenvalue weighted by atomic mass is 10.0. The topological polar surface area (TPSA) is 64.9 Å². The molecule has 5 nitrogen and oxygen atoms in total. The fourth-order valence-corrected chi connectivity index (χ4v) is 3.63. The molecule has 100 valence electrons. The molecule has 2 aliphatic rings. The van der Waals surface area contributed by atoms with E-state index in [4.69, 9.17) is 0 Å². The van der Waals surface area contributed by atoms with Crippen molar-refractivity contribution in [2.45, 2.75) is 12.6 Å². The number of carbonyl (C=O) groups is 1. The fourth-order valence-electron chi connectivity index (χ4n) is 2.40. The van der Waals surface area contributed by atoms with Crippen LogP contribution < -0.4 is 5.32 Å². The first kappa shape index (κ1) is 12.5. The summed E-state index contributed by atoms with van der Waals surface area (Å²) in [6, 6.07) is 7.33. The summed E-state index contributed by atoms with van der Waals surface area (Å²) in [5, 5.41) is 14.5. The van der Waals surface area contributed by atoms with Crippen molar-refractivity contribution in [1.82, 2.24) is 4.90 Å². The average Bonchev–Trinajstić information content (AvgIpc) is 2.95. The Morgan fingerprint density at radius 1 is 1.47 bits per heavy atom. The van der Waals surface area contributed by atoms with E-state index < -0.39 is 5.72 Å². The number of amides is 1. The molecule has 1 amide bonds. The van der Waals surface area contributed by atoms with E-state index in [2.05, 4.69) is 10.3 Å². The van der Waals surface area contributed by atoms with Crippen LogP contribution in [0.4, 0.5) is 5.69 Å². The number of amidine groups is 1. The zero-order chi connectivity index (χ0) is 13.5. The van der Waals surface area contributed by atoms with Gasteiger partial charge in [-0.2, -0.15) is 0 Å². The number of thioether (sulfide) groups is 1. The van der Waals surface area contributed by atoms with Gasteiger partial charge in [-0.3, -0.25) is 9.79 Å². The van der Waals surface area contributed by atoms with Gasteiger partial charge in [0.25, 0.3) is 0 Å². The van der Waals surface area contributed by atoms with E-state index in [1.54, 1.807) is 11.8 Å². The smallest absolute Gasteiger partial charge is 0.221 e. The van der Waals surface area contributed by atoms with E-state index in [1.807, 2.05) is 29.2 Å². The van der Waals surface area contributed by atoms with Gasteiger partial charge in [-0.05, 0) is 12.1 Å². The molecule has 0 bridgehead atoms. The molecular weight excluding hydrogens is 262 g/mol. The van der Waals surface area contributed by atoms with Gasteiger partial charge < -0.3 is 15.3 Å². The van der Waals surface area contributed by atoms with Gasteiger partial charge in [-0.15, -0.1) is 0 Å². The summed E-state index contributed by atoms with van der Waals surface area (Å²) < 4.78 is 0. The standard InChI is InChI=1S/C13H15N3O2S/c1-9(17)15-11-4-2-10(3-5-11)13(18)8-19-12-14-6-7-16(12)13/h2-5,18H,6-8H2,1H3,(H,15,17). The highest BCUT2D eigenvalue weighted by Gasteiger charge is 2.46. The van der Waals surface area contributed by atoms with Crippen LogP contribution >= 0.6 is 11.8 Å². The zero-order valence-electron chi connectivity index (χ0n) is 10.6. The van der Waals surface area contributed by atoms with Gasteiger partial charge in [0.2, 0.25) is 5.91 Å². The summed E-state index contributed by atoms with van der Waals surface area (Å²) in [4.78, 5) is 17.3. The molecule has 3 rings (SSSR count). The summed E-state index contributed by atoms with van der Waals surface area (Å²) in [5.41, 5.74) is 0.594. The molecule has 1 saturated heterocycles. The van der Waals surface area contributed by atoms with Crippen LogP contribution in [0.2, 0.25) is 0 Å². The largest absolute Gasteiger partial charge is 0.366 e. The van der Waals surface area contributed by atoms with E-state index in [-0.39, 0.29) is 5.91 Å². The van der Waals surface area contributed by atoms with Crippen LogP contribution in [0.25, 0.3) is 0 Å².